The maximum absolute atomic E-state index is 13.1. The molecule has 8 atom stereocenters. The van der Waals surface area contributed by atoms with E-state index in [1.54, 1.807) is 5.57 Å². The van der Waals surface area contributed by atoms with E-state index >= 15 is 0 Å². The van der Waals surface area contributed by atoms with E-state index in [0.29, 0.717) is 18.4 Å². The second-order valence-electron chi connectivity index (χ2n) is 17.7. The molecule has 5 nitrogen and oxygen atoms in total. The molecule has 4 rings (SSSR count). The van der Waals surface area contributed by atoms with Crippen LogP contribution in [0.15, 0.2) is 11.6 Å². The van der Waals surface area contributed by atoms with Crippen LogP contribution in [0.5, 0.6) is 0 Å². The SMILES string of the molecule is CC(C)CCCC(C)C1CCC2C3CC=C4CC(OC(=O)CC(C)(C)OCCC(C)(C)NC(=O)CBr)CCC4(C)C3CCC12C. The molecule has 3 saturated carbocycles. The third-order valence-electron chi connectivity index (χ3n) is 12.9. The number of rotatable bonds is 14. The molecule has 4 aliphatic carbocycles. The second-order valence-corrected chi connectivity index (χ2v) is 18.3. The Bertz CT molecular complexity index is 1070. The molecule has 3 fully saturated rings. The highest BCUT2D eigenvalue weighted by Crippen LogP contribution is 2.67. The van der Waals surface area contributed by atoms with Crippen molar-refractivity contribution in [3.63, 3.8) is 0 Å². The minimum atomic E-state index is -0.618. The van der Waals surface area contributed by atoms with Gasteiger partial charge in [-0.25, -0.2) is 0 Å². The number of esters is 1. The third kappa shape index (κ3) is 8.78. The van der Waals surface area contributed by atoms with Crippen LogP contribution >= 0.6 is 15.9 Å². The topological polar surface area (TPSA) is 64.6 Å². The van der Waals surface area contributed by atoms with Crippen molar-refractivity contribution in [1.82, 2.24) is 5.32 Å². The molecule has 258 valence electrons. The Kier molecular flexibility index (Phi) is 12.1. The molecule has 1 N–H and O–H groups in total. The number of allylic oxidation sites excluding steroid dienone is 1. The molecule has 0 aliphatic heterocycles. The lowest BCUT2D eigenvalue weighted by molar-refractivity contribution is -0.158. The van der Waals surface area contributed by atoms with E-state index in [4.69, 9.17) is 9.47 Å². The van der Waals surface area contributed by atoms with Crippen molar-refractivity contribution >= 4 is 27.8 Å². The molecule has 6 heteroatoms. The van der Waals surface area contributed by atoms with E-state index in [9.17, 15) is 9.59 Å². The van der Waals surface area contributed by atoms with E-state index in [-0.39, 0.29) is 40.7 Å². The van der Waals surface area contributed by atoms with Crippen molar-refractivity contribution in [2.45, 2.75) is 163 Å². The summed E-state index contributed by atoms with van der Waals surface area (Å²) in [7, 11) is 0. The van der Waals surface area contributed by atoms with Crippen molar-refractivity contribution < 1.29 is 19.1 Å². The fraction of sp³-hybridized carbons (Fsp3) is 0.897. The molecule has 8 unspecified atom stereocenters. The quantitative estimate of drug-likeness (QED) is 0.112. The molecule has 45 heavy (non-hydrogen) atoms. The summed E-state index contributed by atoms with van der Waals surface area (Å²) in [4.78, 5) is 24.9. The Morgan fingerprint density at radius 3 is 2.44 bits per heavy atom. The van der Waals surface area contributed by atoms with Gasteiger partial charge in [-0.2, -0.15) is 0 Å². The number of hydrogen-bond donors (Lipinski definition) is 1. The predicted molar refractivity (Wildman–Crippen MR) is 188 cm³/mol. The first-order chi connectivity index (χ1) is 21.0. The van der Waals surface area contributed by atoms with Gasteiger partial charge in [0, 0.05) is 18.6 Å². The molecule has 0 radical (unpaired) electrons. The molecule has 0 saturated heterocycles. The van der Waals surface area contributed by atoms with Crippen molar-refractivity contribution in [3.8, 4) is 0 Å². The Morgan fingerprint density at radius 2 is 1.76 bits per heavy atom. The van der Waals surface area contributed by atoms with Gasteiger partial charge in [0.15, 0.2) is 0 Å². The van der Waals surface area contributed by atoms with Gasteiger partial charge in [-0.3, -0.25) is 9.59 Å². The number of carbonyl (C=O) groups is 2. The van der Waals surface area contributed by atoms with Crippen LogP contribution in [0.4, 0.5) is 0 Å². The fourth-order valence-corrected chi connectivity index (χ4v) is 10.6. The largest absolute Gasteiger partial charge is 0.462 e. The van der Waals surface area contributed by atoms with Gasteiger partial charge >= 0.3 is 5.97 Å². The van der Waals surface area contributed by atoms with Gasteiger partial charge in [0.2, 0.25) is 5.91 Å². The number of halogens is 1. The van der Waals surface area contributed by atoms with Crippen LogP contribution < -0.4 is 5.32 Å². The number of nitrogens with one attached hydrogen (secondary N) is 1. The van der Waals surface area contributed by atoms with Crippen LogP contribution in [0, 0.1) is 46.3 Å². The number of alkyl halides is 1. The van der Waals surface area contributed by atoms with Crippen molar-refractivity contribution in [3.05, 3.63) is 11.6 Å². The second kappa shape index (κ2) is 14.7. The zero-order chi connectivity index (χ0) is 33.2. The van der Waals surface area contributed by atoms with Crippen LogP contribution in [0.3, 0.4) is 0 Å². The van der Waals surface area contributed by atoms with Gasteiger partial charge in [0.1, 0.15) is 6.10 Å². The molecule has 0 aromatic rings. The van der Waals surface area contributed by atoms with Crippen LogP contribution in [0.1, 0.15) is 146 Å². The van der Waals surface area contributed by atoms with E-state index in [0.717, 1.165) is 54.8 Å². The number of fused-ring (bicyclic) bond motifs is 5. The van der Waals surface area contributed by atoms with Crippen LogP contribution in [0.25, 0.3) is 0 Å². The van der Waals surface area contributed by atoms with Crippen molar-refractivity contribution in [2.24, 2.45) is 46.3 Å². The fourth-order valence-electron chi connectivity index (χ4n) is 10.4. The van der Waals surface area contributed by atoms with Gasteiger partial charge in [-0.15, -0.1) is 0 Å². The van der Waals surface area contributed by atoms with Crippen molar-refractivity contribution in [1.29, 1.82) is 0 Å². The Hall–Kier alpha value is -0.880. The van der Waals surface area contributed by atoms with E-state index < -0.39 is 5.60 Å². The summed E-state index contributed by atoms with van der Waals surface area (Å²) in [5.74, 6) is 4.82. The van der Waals surface area contributed by atoms with E-state index in [2.05, 4.69) is 61.9 Å². The average Bonchev–Trinajstić information content (AvgIpc) is 3.29. The molecule has 0 aromatic carbocycles. The summed E-state index contributed by atoms with van der Waals surface area (Å²) in [6.45, 7) is 20.9. The minimum Gasteiger partial charge on any atom is -0.462 e. The van der Waals surface area contributed by atoms with Gasteiger partial charge in [0.25, 0.3) is 0 Å². The highest BCUT2D eigenvalue weighted by atomic mass is 79.9. The number of hydrogen-bond acceptors (Lipinski definition) is 4. The molecule has 0 bridgehead atoms. The summed E-state index contributed by atoms with van der Waals surface area (Å²) < 4.78 is 12.2. The van der Waals surface area contributed by atoms with Gasteiger partial charge in [0.05, 0.1) is 17.4 Å². The number of carbonyl (C=O) groups excluding carboxylic acids is 2. The Morgan fingerprint density at radius 1 is 1.02 bits per heavy atom. The normalized spacial score (nSPS) is 33.9. The molecule has 0 aromatic heterocycles. The van der Waals surface area contributed by atoms with Gasteiger partial charge < -0.3 is 14.8 Å². The standard InChI is InChI=1S/C39H66BrNO4/c1-26(2)11-10-12-27(3)31-15-16-32-30-14-13-28-23-29(17-19-38(28,8)33(30)18-20-39(31,32)9)45-35(43)24-37(6,7)44-22-21-36(4,5)41-34(42)25-40/h13,26-27,29-33H,10-12,14-25H2,1-9H3,(H,41,42). The minimum absolute atomic E-state index is 0.0287. The molecular weight excluding hydrogens is 626 g/mol. The first kappa shape index (κ1) is 36.9. The number of ether oxygens (including phenoxy) is 2. The van der Waals surface area contributed by atoms with Gasteiger partial charge in [-0.1, -0.05) is 81.5 Å². The van der Waals surface area contributed by atoms with Crippen LogP contribution in [-0.2, 0) is 19.1 Å². The molecule has 0 heterocycles. The first-order valence-electron chi connectivity index (χ1n) is 18.4. The first-order valence-corrected chi connectivity index (χ1v) is 19.5. The lowest BCUT2D eigenvalue weighted by Crippen LogP contribution is -2.51. The van der Waals surface area contributed by atoms with Gasteiger partial charge in [-0.05, 0) is 125 Å². The summed E-state index contributed by atoms with van der Waals surface area (Å²) >= 11 is 3.20. The van der Waals surface area contributed by atoms with Crippen molar-refractivity contribution in [2.75, 3.05) is 11.9 Å². The third-order valence-corrected chi connectivity index (χ3v) is 13.5. The van der Waals surface area contributed by atoms with E-state index in [1.807, 2.05) is 27.7 Å². The predicted octanol–water partition coefficient (Wildman–Crippen LogP) is 9.80. The highest BCUT2D eigenvalue weighted by Gasteiger charge is 2.59. The lowest BCUT2D eigenvalue weighted by atomic mass is 9.47. The average molecular weight is 693 g/mol. The van der Waals surface area contributed by atoms with E-state index in [1.165, 1.54) is 51.4 Å². The number of amides is 1. The smallest absolute Gasteiger partial charge is 0.308 e. The molecule has 4 aliphatic rings. The zero-order valence-corrected chi connectivity index (χ0v) is 31.8. The monoisotopic (exact) mass is 691 g/mol. The summed E-state index contributed by atoms with van der Waals surface area (Å²) in [6.07, 6.45) is 17.5. The Balaban J connectivity index is 1.29. The highest BCUT2D eigenvalue weighted by molar-refractivity contribution is 9.09. The summed E-state index contributed by atoms with van der Waals surface area (Å²) in [6, 6.07) is 0. The molecule has 0 spiro atoms. The molecule has 1 amide bonds. The maximum atomic E-state index is 13.1. The molecular formula is C39H66BrNO4. The maximum Gasteiger partial charge on any atom is 0.308 e. The summed E-state index contributed by atoms with van der Waals surface area (Å²) in [5.41, 5.74) is 1.35. The Labute approximate surface area is 284 Å². The summed E-state index contributed by atoms with van der Waals surface area (Å²) in [5, 5.41) is 3.28. The lowest BCUT2D eigenvalue weighted by Gasteiger charge is -2.58. The zero-order valence-electron chi connectivity index (χ0n) is 30.2. The van der Waals surface area contributed by atoms with Crippen LogP contribution in [-0.4, -0.2) is 41.1 Å². The van der Waals surface area contributed by atoms with Crippen LogP contribution in [0.2, 0.25) is 0 Å².